The van der Waals surface area contributed by atoms with E-state index >= 15 is 0 Å². The first-order valence-electron chi connectivity index (χ1n) is 8.41. The SMILES string of the molecule is O=C(NC(Cc1ccccc1)C(=O)N1CCCCC1)c1cccs1. The molecule has 3 rings (SSSR count). The zero-order valence-electron chi connectivity index (χ0n) is 13.6. The van der Waals surface area contributed by atoms with Crippen LogP contribution in [0.4, 0.5) is 0 Å². The van der Waals surface area contributed by atoms with Gasteiger partial charge in [0.25, 0.3) is 5.91 Å². The van der Waals surface area contributed by atoms with Gasteiger partial charge in [0.1, 0.15) is 6.04 Å². The molecule has 2 aromatic rings. The fourth-order valence-electron chi connectivity index (χ4n) is 3.02. The van der Waals surface area contributed by atoms with E-state index in [1.54, 1.807) is 6.07 Å². The first kappa shape index (κ1) is 16.7. The number of benzene rings is 1. The highest BCUT2D eigenvalue weighted by Crippen LogP contribution is 2.14. The van der Waals surface area contributed by atoms with E-state index in [1.165, 1.54) is 17.8 Å². The molecule has 4 nitrogen and oxygen atoms in total. The summed E-state index contributed by atoms with van der Waals surface area (Å²) in [7, 11) is 0. The highest BCUT2D eigenvalue weighted by molar-refractivity contribution is 7.12. The number of amides is 2. The summed E-state index contributed by atoms with van der Waals surface area (Å²) in [5.74, 6) is -0.139. The van der Waals surface area contributed by atoms with E-state index in [0.29, 0.717) is 11.3 Å². The van der Waals surface area contributed by atoms with Gasteiger partial charge in [0.2, 0.25) is 5.91 Å². The molecule has 5 heteroatoms. The lowest BCUT2D eigenvalue weighted by molar-refractivity contribution is -0.134. The van der Waals surface area contributed by atoms with Crippen molar-refractivity contribution < 1.29 is 9.59 Å². The monoisotopic (exact) mass is 342 g/mol. The molecule has 0 aliphatic carbocycles. The number of carbonyl (C=O) groups is 2. The van der Waals surface area contributed by atoms with Gasteiger partial charge in [-0.1, -0.05) is 36.4 Å². The second-order valence-corrected chi connectivity index (χ2v) is 7.03. The van der Waals surface area contributed by atoms with Gasteiger partial charge in [0, 0.05) is 19.5 Å². The van der Waals surface area contributed by atoms with Crippen LogP contribution in [0, 0.1) is 0 Å². The fraction of sp³-hybridized carbons (Fsp3) is 0.368. The van der Waals surface area contributed by atoms with E-state index in [0.717, 1.165) is 31.5 Å². The minimum atomic E-state index is -0.514. The van der Waals surface area contributed by atoms with E-state index < -0.39 is 6.04 Å². The summed E-state index contributed by atoms with van der Waals surface area (Å²) in [6.07, 6.45) is 3.79. The Kier molecular flexibility index (Phi) is 5.64. The molecule has 1 fully saturated rings. The number of piperidine rings is 1. The molecule has 1 atom stereocenters. The van der Waals surface area contributed by atoms with Crippen molar-refractivity contribution in [2.45, 2.75) is 31.7 Å². The lowest BCUT2D eigenvalue weighted by Crippen LogP contribution is -2.50. The molecule has 0 spiro atoms. The van der Waals surface area contributed by atoms with Gasteiger partial charge in [-0.3, -0.25) is 9.59 Å². The van der Waals surface area contributed by atoms with E-state index in [4.69, 9.17) is 0 Å². The fourth-order valence-corrected chi connectivity index (χ4v) is 3.65. The standard InChI is InChI=1S/C19H22N2O2S/c22-18(17-10-7-13-24-17)20-16(14-15-8-3-1-4-9-15)19(23)21-11-5-2-6-12-21/h1,3-4,7-10,13,16H,2,5-6,11-12,14H2,(H,20,22). The van der Waals surface area contributed by atoms with Crippen LogP contribution in [-0.4, -0.2) is 35.8 Å². The van der Waals surface area contributed by atoms with Gasteiger partial charge < -0.3 is 10.2 Å². The van der Waals surface area contributed by atoms with E-state index in [1.807, 2.05) is 46.7 Å². The average Bonchev–Trinajstić information content (AvgIpc) is 3.17. The summed E-state index contributed by atoms with van der Waals surface area (Å²) in [6.45, 7) is 1.58. The van der Waals surface area contributed by atoms with Gasteiger partial charge in [0.15, 0.2) is 0 Å². The lowest BCUT2D eigenvalue weighted by atomic mass is 10.0. The summed E-state index contributed by atoms with van der Waals surface area (Å²) in [5, 5.41) is 4.81. The zero-order chi connectivity index (χ0) is 16.8. The predicted octanol–water partition coefficient (Wildman–Crippen LogP) is 3.10. The lowest BCUT2D eigenvalue weighted by Gasteiger charge is -2.30. The number of carbonyl (C=O) groups excluding carboxylic acids is 2. The van der Waals surface area contributed by atoms with Gasteiger partial charge in [-0.25, -0.2) is 0 Å². The van der Waals surface area contributed by atoms with Crippen molar-refractivity contribution in [3.05, 3.63) is 58.3 Å². The number of hydrogen-bond acceptors (Lipinski definition) is 3. The van der Waals surface area contributed by atoms with Crippen LogP contribution in [0.3, 0.4) is 0 Å². The Balaban J connectivity index is 1.74. The Labute approximate surface area is 146 Å². The van der Waals surface area contributed by atoms with Crippen molar-refractivity contribution >= 4 is 23.2 Å². The van der Waals surface area contributed by atoms with E-state index in [-0.39, 0.29) is 11.8 Å². The molecule has 2 amide bonds. The van der Waals surface area contributed by atoms with Crippen molar-refractivity contribution in [3.63, 3.8) is 0 Å². The highest BCUT2D eigenvalue weighted by Gasteiger charge is 2.27. The molecule has 1 aliphatic heterocycles. The Bertz CT molecular complexity index is 664. The third-order valence-electron chi connectivity index (χ3n) is 4.30. The predicted molar refractivity (Wildman–Crippen MR) is 96.2 cm³/mol. The third-order valence-corrected chi connectivity index (χ3v) is 5.17. The van der Waals surface area contributed by atoms with Crippen molar-refractivity contribution in [3.8, 4) is 0 Å². The van der Waals surface area contributed by atoms with Crippen LogP contribution < -0.4 is 5.32 Å². The minimum absolute atomic E-state index is 0.0310. The first-order chi connectivity index (χ1) is 11.7. The van der Waals surface area contributed by atoms with Gasteiger partial charge in [-0.2, -0.15) is 0 Å². The molecule has 126 valence electrons. The van der Waals surface area contributed by atoms with Gasteiger partial charge in [0.05, 0.1) is 4.88 Å². The molecule has 1 aromatic carbocycles. The summed E-state index contributed by atoms with van der Waals surface area (Å²) in [5.41, 5.74) is 1.05. The molecule has 2 heterocycles. The second kappa shape index (κ2) is 8.11. The van der Waals surface area contributed by atoms with Crippen LogP contribution in [0.5, 0.6) is 0 Å². The zero-order valence-corrected chi connectivity index (χ0v) is 14.4. The Morgan fingerprint density at radius 2 is 1.79 bits per heavy atom. The van der Waals surface area contributed by atoms with Crippen LogP contribution in [0.2, 0.25) is 0 Å². The van der Waals surface area contributed by atoms with E-state index in [2.05, 4.69) is 5.32 Å². The summed E-state index contributed by atoms with van der Waals surface area (Å²) < 4.78 is 0. The molecule has 0 saturated carbocycles. The molecule has 1 N–H and O–H groups in total. The molecule has 1 aromatic heterocycles. The first-order valence-corrected chi connectivity index (χ1v) is 9.29. The summed E-state index contributed by atoms with van der Waals surface area (Å²) in [6, 6.07) is 13.0. The molecule has 1 unspecified atom stereocenters. The van der Waals surface area contributed by atoms with Crippen molar-refractivity contribution in [1.29, 1.82) is 0 Å². The number of hydrogen-bond donors (Lipinski definition) is 1. The molecule has 1 saturated heterocycles. The number of nitrogens with one attached hydrogen (secondary N) is 1. The van der Waals surface area contributed by atoms with Gasteiger partial charge in [-0.15, -0.1) is 11.3 Å². The molecule has 0 bridgehead atoms. The van der Waals surface area contributed by atoms with Crippen LogP contribution in [0.15, 0.2) is 47.8 Å². The summed E-state index contributed by atoms with van der Waals surface area (Å²) in [4.78, 5) is 27.9. The average molecular weight is 342 g/mol. The molecule has 1 aliphatic rings. The Morgan fingerprint density at radius 3 is 2.46 bits per heavy atom. The number of thiophene rings is 1. The van der Waals surface area contributed by atoms with Crippen LogP contribution in [0.25, 0.3) is 0 Å². The van der Waals surface area contributed by atoms with Crippen LogP contribution in [-0.2, 0) is 11.2 Å². The Morgan fingerprint density at radius 1 is 1.04 bits per heavy atom. The number of likely N-dealkylation sites (tertiary alicyclic amines) is 1. The summed E-state index contributed by atoms with van der Waals surface area (Å²) >= 11 is 1.39. The topological polar surface area (TPSA) is 49.4 Å². The largest absolute Gasteiger partial charge is 0.341 e. The second-order valence-electron chi connectivity index (χ2n) is 6.08. The van der Waals surface area contributed by atoms with Crippen molar-refractivity contribution in [1.82, 2.24) is 10.2 Å². The smallest absolute Gasteiger partial charge is 0.262 e. The quantitative estimate of drug-likeness (QED) is 0.908. The third kappa shape index (κ3) is 4.23. The van der Waals surface area contributed by atoms with Gasteiger partial charge in [-0.05, 0) is 36.3 Å². The van der Waals surface area contributed by atoms with Crippen LogP contribution >= 0.6 is 11.3 Å². The highest BCUT2D eigenvalue weighted by atomic mass is 32.1. The normalized spacial score (nSPS) is 15.8. The number of rotatable bonds is 5. The van der Waals surface area contributed by atoms with E-state index in [9.17, 15) is 9.59 Å². The van der Waals surface area contributed by atoms with Crippen LogP contribution in [0.1, 0.15) is 34.5 Å². The molecular weight excluding hydrogens is 320 g/mol. The minimum Gasteiger partial charge on any atom is -0.341 e. The maximum Gasteiger partial charge on any atom is 0.262 e. The molecule has 24 heavy (non-hydrogen) atoms. The molecular formula is C19H22N2O2S. The maximum atomic E-state index is 12.9. The molecule has 0 radical (unpaired) electrons. The Hall–Kier alpha value is -2.14. The van der Waals surface area contributed by atoms with Gasteiger partial charge >= 0.3 is 0 Å². The van der Waals surface area contributed by atoms with Crippen molar-refractivity contribution in [2.24, 2.45) is 0 Å². The number of nitrogens with zero attached hydrogens (tertiary/aromatic N) is 1. The maximum absolute atomic E-state index is 12.9. The van der Waals surface area contributed by atoms with Crippen molar-refractivity contribution in [2.75, 3.05) is 13.1 Å².